The number of carbonyl (C=O) groups is 3. The maximum atomic E-state index is 12.9. The second-order valence-electron chi connectivity index (χ2n) is 6.69. The fourth-order valence-electron chi connectivity index (χ4n) is 3.15. The number of H-pyrrole nitrogens is 1. The number of hydrogen-bond donors (Lipinski definition) is 2. The van der Waals surface area contributed by atoms with Crippen LogP contribution in [0, 0.1) is 13.8 Å². The lowest BCUT2D eigenvalue weighted by atomic mass is 10.0. The average Bonchev–Trinajstić information content (AvgIpc) is 2.96. The highest BCUT2D eigenvalue weighted by Gasteiger charge is 2.26. The molecule has 0 saturated heterocycles. The second-order valence-corrected chi connectivity index (χ2v) is 7.54. The SMILES string of the molecule is CCOC(=O)c1c(C)[nH]c(C)c1C(=O)CN(C)CC(=O)Nc1ccccc1SC. The van der Waals surface area contributed by atoms with Gasteiger partial charge < -0.3 is 15.0 Å². The molecule has 0 radical (unpaired) electrons. The molecule has 2 rings (SSSR count). The molecule has 7 nitrogen and oxygen atoms in total. The first-order valence-corrected chi connectivity index (χ1v) is 10.5. The average molecular weight is 418 g/mol. The molecule has 156 valence electrons. The van der Waals surface area contributed by atoms with Crippen molar-refractivity contribution >= 4 is 35.1 Å². The van der Waals surface area contributed by atoms with Crippen LogP contribution in [0.5, 0.6) is 0 Å². The minimum Gasteiger partial charge on any atom is -0.462 e. The third-order valence-electron chi connectivity index (χ3n) is 4.34. The first-order chi connectivity index (χ1) is 13.8. The van der Waals surface area contributed by atoms with Gasteiger partial charge >= 0.3 is 5.97 Å². The summed E-state index contributed by atoms with van der Waals surface area (Å²) in [6.45, 7) is 5.47. The molecule has 8 heteroatoms. The number of nitrogens with zero attached hydrogens (tertiary/aromatic N) is 1. The summed E-state index contributed by atoms with van der Waals surface area (Å²) in [6, 6.07) is 7.54. The summed E-state index contributed by atoms with van der Waals surface area (Å²) in [5.74, 6) is -0.976. The maximum absolute atomic E-state index is 12.9. The number of thioether (sulfide) groups is 1. The predicted molar refractivity (Wildman–Crippen MR) is 115 cm³/mol. The summed E-state index contributed by atoms with van der Waals surface area (Å²) in [5.41, 5.74) is 2.54. The van der Waals surface area contributed by atoms with Gasteiger partial charge in [-0.1, -0.05) is 12.1 Å². The van der Waals surface area contributed by atoms with E-state index in [0.717, 1.165) is 10.6 Å². The number of carbonyl (C=O) groups excluding carboxylic acids is 3. The number of nitrogens with one attached hydrogen (secondary N) is 2. The van der Waals surface area contributed by atoms with Crippen LogP contribution in [0.4, 0.5) is 5.69 Å². The van der Waals surface area contributed by atoms with Crippen LogP contribution in [-0.2, 0) is 9.53 Å². The molecule has 0 aliphatic rings. The van der Waals surface area contributed by atoms with Gasteiger partial charge in [-0.05, 0) is 46.2 Å². The van der Waals surface area contributed by atoms with Gasteiger partial charge in [0.15, 0.2) is 5.78 Å². The summed E-state index contributed by atoms with van der Waals surface area (Å²) in [7, 11) is 1.69. The molecule has 1 aromatic carbocycles. The van der Waals surface area contributed by atoms with E-state index >= 15 is 0 Å². The molecule has 2 N–H and O–H groups in total. The number of rotatable bonds is 9. The molecule has 0 fully saturated rings. The number of ether oxygens (including phenoxy) is 1. The van der Waals surface area contributed by atoms with E-state index in [-0.39, 0.29) is 37.0 Å². The standard InChI is InChI=1S/C21H27N3O4S/c1-6-28-21(27)20-14(3)22-13(2)19(20)16(25)11-24(4)12-18(26)23-15-9-7-8-10-17(15)29-5/h7-10,22H,6,11-12H2,1-5H3,(H,23,26). The van der Waals surface area contributed by atoms with E-state index < -0.39 is 5.97 Å². The van der Waals surface area contributed by atoms with E-state index in [0.29, 0.717) is 17.0 Å². The van der Waals surface area contributed by atoms with E-state index in [1.165, 1.54) is 0 Å². The molecular formula is C21H27N3O4S. The maximum Gasteiger partial charge on any atom is 0.340 e. The van der Waals surface area contributed by atoms with Gasteiger partial charge in [0.25, 0.3) is 0 Å². The van der Waals surface area contributed by atoms with Crippen LogP contribution in [0.15, 0.2) is 29.2 Å². The van der Waals surface area contributed by atoms with Gasteiger partial charge in [0.1, 0.15) is 0 Å². The number of aromatic nitrogens is 1. The zero-order valence-corrected chi connectivity index (χ0v) is 18.2. The number of hydrogen-bond acceptors (Lipinski definition) is 6. The molecule has 0 spiro atoms. The van der Waals surface area contributed by atoms with Crippen molar-refractivity contribution in [2.45, 2.75) is 25.7 Å². The fraction of sp³-hybridized carbons (Fsp3) is 0.381. The Balaban J connectivity index is 2.06. The fourth-order valence-corrected chi connectivity index (χ4v) is 3.70. The summed E-state index contributed by atoms with van der Waals surface area (Å²) in [4.78, 5) is 43.1. The Labute approximate surface area is 175 Å². The van der Waals surface area contributed by atoms with Crippen molar-refractivity contribution in [3.05, 3.63) is 46.8 Å². The van der Waals surface area contributed by atoms with Gasteiger partial charge in [0, 0.05) is 16.3 Å². The van der Waals surface area contributed by atoms with Crippen LogP contribution in [0.3, 0.4) is 0 Å². The number of esters is 1. The Morgan fingerprint density at radius 2 is 1.76 bits per heavy atom. The van der Waals surface area contributed by atoms with Crippen molar-refractivity contribution < 1.29 is 19.1 Å². The lowest BCUT2D eigenvalue weighted by Crippen LogP contribution is -2.34. The normalized spacial score (nSPS) is 10.8. The first kappa shape index (κ1) is 22.7. The molecule has 29 heavy (non-hydrogen) atoms. The van der Waals surface area contributed by atoms with E-state index in [9.17, 15) is 14.4 Å². The minimum absolute atomic E-state index is 0.00212. The Hall–Kier alpha value is -2.58. The number of para-hydroxylation sites is 1. The lowest BCUT2D eigenvalue weighted by Gasteiger charge is -2.17. The van der Waals surface area contributed by atoms with Crippen LogP contribution in [0.2, 0.25) is 0 Å². The molecule has 0 aliphatic carbocycles. The predicted octanol–water partition coefficient (Wildman–Crippen LogP) is 3.28. The monoisotopic (exact) mass is 417 g/mol. The molecule has 0 unspecified atom stereocenters. The van der Waals surface area contributed by atoms with Crippen molar-refractivity contribution in [2.24, 2.45) is 0 Å². The minimum atomic E-state index is -0.522. The Kier molecular flexibility index (Phi) is 8.04. The summed E-state index contributed by atoms with van der Waals surface area (Å²) in [6.07, 6.45) is 1.94. The molecule has 2 aromatic rings. The highest BCUT2D eigenvalue weighted by Crippen LogP contribution is 2.24. The third-order valence-corrected chi connectivity index (χ3v) is 5.14. The Morgan fingerprint density at radius 1 is 1.10 bits per heavy atom. The third kappa shape index (κ3) is 5.71. The van der Waals surface area contributed by atoms with Gasteiger partial charge in [-0.2, -0.15) is 0 Å². The van der Waals surface area contributed by atoms with Crippen molar-refractivity contribution in [1.82, 2.24) is 9.88 Å². The van der Waals surface area contributed by atoms with Crippen LogP contribution >= 0.6 is 11.8 Å². The van der Waals surface area contributed by atoms with E-state index in [2.05, 4.69) is 10.3 Å². The number of Topliss-reactive ketones (excluding diaryl/α,β-unsaturated/α-hetero) is 1. The molecular weight excluding hydrogens is 390 g/mol. The molecule has 0 atom stereocenters. The smallest absolute Gasteiger partial charge is 0.340 e. The molecule has 0 aliphatic heterocycles. The van der Waals surface area contributed by atoms with Crippen molar-refractivity contribution in [1.29, 1.82) is 0 Å². The van der Waals surface area contributed by atoms with Gasteiger partial charge in [-0.3, -0.25) is 14.5 Å². The van der Waals surface area contributed by atoms with Crippen molar-refractivity contribution in [2.75, 3.05) is 38.3 Å². The van der Waals surface area contributed by atoms with E-state index in [1.807, 2.05) is 30.5 Å². The second kappa shape index (κ2) is 10.3. The molecule has 0 saturated carbocycles. The number of likely N-dealkylation sites (N-methyl/N-ethyl adjacent to an activating group) is 1. The quantitative estimate of drug-likeness (QED) is 0.370. The highest BCUT2D eigenvalue weighted by atomic mass is 32.2. The van der Waals surface area contributed by atoms with E-state index in [1.54, 1.807) is 44.5 Å². The van der Waals surface area contributed by atoms with Crippen molar-refractivity contribution in [3.63, 3.8) is 0 Å². The number of aryl methyl sites for hydroxylation is 2. The topological polar surface area (TPSA) is 91.5 Å². The number of anilines is 1. The zero-order valence-electron chi connectivity index (χ0n) is 17.4. The number of amides is 1. The number of ketones is 1. The van der Waals surface area contributed by atoms with Gasteiger partial charge in [-0.25, -0.2) is 4.79 Å². The summed E-state index contributed by atoms with van der Waals surface area (Å²) >= 11 is 1.55. The molecule has 1 aromatic heterocycles. The van der Waals surface area contributed by atoms with Crippen LogP contribution in [-0.4, -0.2) is 60.5 Å². The van der Waals surface area contributed by atoms with Gasteiger partial charge in [-0.15, -0.1) is 11.8 Å². The van der Waals surface area contributed by atoms with Crippen LogP contribution < -0.4 is 5.32 Å². The summed E-state index contributed by atoms with van der Waals surface area (Å²) < 4.78 is 5.08. The van der Waals surface area contributed by atoms with E-state index in [4.69, 9.17) is 4.74 Å². The highest BCUT2D eigenvalue weighted by molar-refractivity contribution is 7.98. The number of aromatic amines is 1. The molecule has 1 heterocycles. The lowest BCUT2D eigenvalue weighted by molar-refractivity contribution is -0.116. The first-order valence-electron chi connectivity index (χ1n) is 9.29. The Bertz CT molecular complexity index is 907. The molecule has 0 bridgehead atoms. The number of benzene rings is 1. The Morgan fingerprint density at radius 3 is 2.41 bits per heavy atom. The van der Waals surface area contributed by atoms with Crippen LogP contribution in [0.1, 0.15) is 39.0 Å². The van der Waals surface area contributed by atoms with Crippen LogP contribution in [0.25, 0.3) is 0 Å². The van der Waals surface area contributed by atoms with Gasteiger partial charge in [0.05, 0.1) is 36.5 Å². The zero-order chi connectivity index (χ0) is 21.6. The largest absolute Gasteiger partial charge is 0.462 e. The van der Waals surface area contributed by atoms with Gasteiger partial charge in [0.2, 0.25) is 5.91 Å². The van der Waals surface area contributed by atoms with Crippen molar-refractivity contribution in [3.8, 4) is 0 Å². The molecule has 1 amide bonds. The summed E-state index contributed by atoms with van der Waals surface area (Å²) in [5, 5.41) is 2.87.